The van der Waals surface area contributed by atoms with Crippen LogP contribution in [0.15, 0.2) is 91.1 Å². The molecule has 208 valence electrons. The zero-order chi connectivity index (χ0) is 29.1. The average Bonchev–Trinajstić information content (AvgIpc) is 3.37. The highest BCUT2D eigenvalue weighted by atomic mass is 16.7. The van der Waals surface area contributed by atoms with Crippen molar-refractivity contribution in [2.45, 2.75) is 33.1 Å². The molecule has 4 amide bonds. The highest BCUT2D eigenvalue weighted by molar-refractivity contribution is 6.07. The number of hydrogen-bond donors (Lipinski definition) is 3. The number of nitrogens with two attached hydrogens (primary N) is 1. The zero-order valence-corrected chi connectivity index (χ0v) is 23.3. The van der Waals surface area contributed by atoms with Gasteiger partial charge in [0.1, 0.15) is 5.82 Å². The molecule has 0 bridgehead atoms. The number of anilines is 3. The van der Waals surface area contributed by atoms with Crippen LogP contribution in [0.1, 0.15) is 32.0 Å². The number of urea groups is 2. The Morgan fingerprint density at radius 3 is 2.27 bits per heavy atom. The van der Waals surface area contributed by atoms with E-state index in [2.05, 4.69) is 36.4 Å². The van der Waals surface area contributed by atoms with Crippen LogP contribution in [-0.2, 0) is 5.41 Å². The number of carbonyl (C=O) groups excluding carboxylic acids is 2. The number of fused-ring (bicyclic) bond motifs is 1. The maximum Gasteiger partial charge on any atom is 0.354 e. The van der Waals surface area contributed by atoms with E-state index in [9.17, 15) is 9.59 Å². The van der Waals surface area contributed by atoms with E-state index in [1.165, 1.54) is 6.20 Å². The number of amides is 4. The molecule has 0 aliphatic heterocycles. The summed E-state index contributed by atoms with van der Waals surface area (Å²) in [6, 6.07) is 24.3. The second-order valence-electron chi connectivity index (χ2n) is 10.6. The van der Waals surface area contributed by atoms with Gasteiger partial charge in [0, 0.05) is 28.5 Å². The number of primary amides is 1. The Labute approximate surface area is 237 Å². The number of benzene rings is 3. The molecule has 0 saturated heterocycles. The van der Waals surface area contributed by atoms with Crippen LogP contribution in [0.4, 0.5) is 26.9 Å². The third-order valence-electron chi connectivity index (χ3n) is 6.38. The van der Waals surface area contributed by atoms with Gasteiger partial charge in [-0.05, 0) is 43.3 Å². The van der Waals surface area contributed by atoms with E-state index in [4.69, 9.17) is 15.7 Å². The molecule has 0 unspecified atom stereocenters. The molecule has 0 saturated carbocycles. The quantitative estimate of drug-likeness (QED) is 0.207. The molecule has 0 aliphatic rings. The van der Waals surface area contributed by atoms with Crippen molar-refractivity contribution in [1.82, 2.24) is 14.8 Å². The lowest BCUT2D eigenvalue weighted by molar-refractivity contribution is 0.221. The maximum atomic E-state index is 13.3. The van der Waals surface area contributed by atoms with Crippen LogP contribution in [-0.4, -0.2) is 26.8 Å². The van der Waals surface area contributed by atoms with Gasteiger partial charge in [0.15, 0.2) is 11.6 Å². The van der Waals surface area contributed by atoms with E-state index in [1.54, 1.807) is 35.0 Å². The summed E-state index contributed by atoms with van der Waals surface area (Å²) in [5.41, 5.74) is 8.70. The summed E-state index contributed by atoms with van der Waals surface area (Å²) in [4.78, 5) is 35.5. The standard InChI is InChI=1S/C31H31N7O3/c1-20-12-14-21(15-13-20)37-28(19-26(36-37)31(2,3)4)35-30(40)34-24-16-17-25(23-10-6-5-9-22(23)24)41-38(29(32)39)27-11-7-8-18-33-27/h5-19H,1-4H3,(H2,32,39)(H2,34,35,40). The molecule has 10 nitrogen and oxygen atoms in total. The summed E-state index contributed by atoms with van der Waals surface area (Å²) in [6.45, 7) is 8.23. The predicted molar refractivity (Wildman–Crippen MR) is 161 cm³/mol. The molecule has 0 spiro atoms. The number of hydroxylamine groups is 1. The molecule has 0 aliphatic carbocycles. The van der Waals surface area contributed by atoms with Crippen LogP contribution in [0.2, 0.25) is 0 Å². The van der Waals surface area contributed by atoms with Gasteiger partial charge in [-0.2, -0.15) is 5.10 Å². The lowest BCUT2D eigenvalue weighted by atomic mass is 9.92. The molecule has 0 fully saturated rings. The summed E-state index contributed by atoms with van der Waals surface area (Å²) in [6.07, 6.45) is 1.54. The Kier molecular flexibility index (Phi) is 7.30. The molecular formula is C31H31N7O3. The van der Waals surface area contributed by atoms with Crippen molar-refractivity contribution in [1.29, 1.82) is 0 Å². The van der Waals surface area contributed by atoms with E-state index >= 15 is 0 Å². The van der Waals surface area contributed by atoms with Gasteiger partial charge in [0.25, 0.3) is 0 Å². The fraction of sp³-hybridized carbons (Fsp3) is 0.161. The highest BCUT2D eigenvalue weighted by Crippen LogP contribution is 2.33. The summed E-state index contributed by atoms with van der Waals surface area (Å²) in [7, 11) is 0. The minimum Gasteiger partial charge on any atom is -0.368 e. The van der Waals surface area contributed by atoms with Gasteiger partial charge in [0.2, 0.25) is 0 Å². The molecule has 4 N–H and O–H groups in total. The number of aryl methyl sites for hydroxylation is 1. The smallest absolute Gasteiger partial charge is 0.354 e. The largest absolute Gasteiger partial charge is 0.368 e. The monoisotopic (exact) mass is 549 g/mol. The van der Waals surface area contributed by atoms with E-state index in [-0.39, 0.29) is 11.2 Å². The molecule has 0 radical (unpaired) electrons. The van der Waals surface area contributed by atoms with Gasteiger partial charge in [-0.25, -0.2) is 19.3 Å². The lowest BCUT2D eigenvalue weighted by Gasteiger charge is -2.21. The lowest BCUT2D eigenvalue weighted by Crippen LogP contribution is -2.39. The summed E-state index contributed by atoms with van der Waals surface area (Å²) < 4.78 is 1.73. The first-order valence-corrected chi connectivity index (χ1v) is 13.1. The Morgan fingerprint density at radius 1 is 0.902 bits per heavy atom. The van der Waals surface area contributed by atoms with Crippen LogP contribution in [0, 0.1) is 6.92 Å². The molecule has 3 aromatic carbocycles. The normalized spacial score (nSPS) is 11.2. The SMILES string of the molecule is Cc1ccc(-n2nc(C(C)(C)C)cc2NC(=O)Nc2ccc(ON(C(N)=O)c3ccccn3)c3ccccc23)cc1. The van der Waals surface area contributed by atoms with Gasteiger partial charge in [-0.3, -0.25) is 5.32 Å². The van der Waals surface area contributed by atoms with Crippen molar-refractivity contribution >= 4 is 40.2 Å². The highest BCUT2D eigenvalue weighted by Gasteiger charge is 2.22. The summed E-state index contributed by atoms with van der Waals surface area (Å²) in [5, 5.41) is 13.0. The fourth-order valence-electron chi connectivity index (χ4n) is 4.23. The first-order chi connectivity index (χ1) is 19.6. The minimum atomic E-state index is -0.825. The van der Waals surface area contributed by atoms with E-state index < -0.39 is 12.1 Å². The van der Waals surface area contributed by atoms with Gasteiger partial charge in [-0.1, -0.05) is 68.8 Å². The van der Waals surface area contributed by atoms with Gasteiger partial charge >= 0.3 is 12.1 Å². The third-order valence-corrected chi connectivity index (χ3v) is 6.38. The maximum absolute atomic E-state index is 13.3. The number of hydrogen-bond acceptors (Lipinski definition) is 5. The van der Waals surface area contributed by atoms with Gasteiger partial charge in [-0.15, -0.1) is 5.06 Å². The molecule has 10 heteroatoms. The van der Waals surface area contributed by atoms with E-state index in [0.717, 1.165) is 22.0 Å². The Bertz CT molecular complexity index is 1710. The Hall–Kier alpha value is -5.38. The van der Waals surface area contributed by atoms with Crippen LogP contribution in [0.5, 0.6) is 5.75 Å². The molecule has 5 rings (SSSR count). The van der Waals surface area contributed by atoms with Crippen molar-refractivity contribution in [2.75, 3.05) is 15.7 Å². The van der Waals surface area contributed by atoms with Crippen LogP contribution < -0.4 is 26.3 Å². The number of pyridine rings is 1. The first-order valence-electron chi connectivity index (χ1n) is 13.1. The fourth-order valence-corrected chi connectivity index (χ4v) is 4.23. The van der Waals surface area contributed by atoms with Crippen LogP contribution in [0.25, 0.3) is 16.5 Å². The van der Waals surface area contributed by atoms with E-state index in [0.29, 0.717) is 28.0 Å². The van der Waals surface area contributed by atoms with Gasteiger partial charge in [0.05, 0.1) is 17.1 Å². The van der Waals surface area contributed by atoms with Crippen LogP contribution >= 0.6 is 0 Å². The van der Waals surface area contributed by atoms with Gasteiger partial charge < -0.3 is 15.9 Å². The number of nitrogens with one attached hydrogen (secondary N) is 2. The molecule has 2 heterocycles. The average molecular weight is 550 g/mol. The Morgan fingerprint density at radius 2 is 1.61 bits per heavy atom. The molecular weight excluding hydrogens is 518 g/mol. The van der Waals surface area contributed by atoms with Crippen LogP contribution in [0.3, 0.4) is 0 Å². The zero-order valence-electron chi connectivity index (χ0n) is 23.3. The van der Waals surface area contributed by atoms with Crippen molar-refractivity contribution in [3.8, 4) is 11.4 Å². The van der Waals surface area contributed by atoms with Crippen molar-refractivity contribution in [3.05, 3.63) is 102 Å². The number of carbonyl (C=O) groups is 2. The molecule has 0 atom stereocenters. The Balaban J connectivity index is 1.43. The first kappa shape index (κ1) is 27.2. The number of nitrogens with zero attached hydrogens (tertiary/aromatic N) is 4. The van der Waals surface area contributed by atoms with Crippen molar-refractivity contribution < 1.29 is 14.4 Å². The minimum absolute atomic E-state index is 0.219. The second kappa shape index (κ2) is 11.0. The third kappa shape index (κ3) is 5.96. The number of aromatic nitrogens is 3. The predicted octanol–water partition coefficient (Wildman–Crippen LogP) is 6.55. The second-order valence-corrected chi connectivity index (χ2v) is 10.6. The number of rotatable bonds is 6. The molecule has 5 aromatic rings. The van der Waals surface area contributed by atoms with Crippen molar-refractivity contribution in [2.24, 2.45) is 5.73 Å². The summed E-state index contributed by atoms with van der Waals surface area (Å²) >= 11 is 0. The summed E-state index contributed by atoms with van der Waals surface area (Å²) in [5.74, 6) is 1.14. The van der Waals surface area contributed by atoms with Crippen molar-refractivity contribution in [3.63, 3.8) is 0 Å². The topological polar surface area (TPSA) is 127 Å². The molecule has 41 heavy (non-hydrogen) atoms. The molecule has 2 aromatic heterocycles. The van der Waals surface area contributed by atoms with E-state index in [1.807, 2.05) is 61.5 Å².